The molecule has 1 aromatic heterocycles. The topological polar surface area (TPSA) is 80.0 Å². The van der Waals surface area contributed by atoms with Crippen LogP contribution in [0, 0.1) is 0 Å². The number of nitrogens with zero attached hydrogens (tertiary/aromatic N) is 3. The number of anilines is 1. The number of carbonyl (C=O) groups is 1. The summed E-state index contributed by atoms with van der Waals surface area (Å²) in [5, 5.41) is 21.1. The maximum Gasteiger partial charge on any atom is 0.313 e. The summed E-state index contributed by atoms with van der Waals surface area (Å²) < 4.78 is 1.88. The lowest BCUT2D eigenvalue weighted by molar-refractivity contribution is -0.133. The molecular weight excluding hydrogens is 324 g/mol. The number of carboxylic acids is 1. The third kappa shape index (κ3) is 3.94. The Balaban J connectivity index is 1.86. The number of thioether (sulfide) groups is 1. The predicted molar refractivity (Wildman–Crippen MR) is 93.5 cm³/mol. The summed E-state index contributed by atoms with van der Waals surface area (Å²) in [6, 6.07) is 19.5. The van der Waals surface area contributed by atoms with Gasteiger partial charge in [0.1, 0.15) is 0 Å². The van der Waals surface area contributed by atoms with Crippen molar-refractivity contribution < 1.29 is 9.90 Å². The molecule has 0 saturated carbocycles. The maximum absolute atomic E-state index is 10.8. The van der Waals surface area contributed by atoms with Crippen molar-refractivity contribution in [3.63, 3.8) is 0 Å². The van der Waals surface area contributed by atoms with Gasteiger partial charge in [-0.1, -0.05) is 48.2 Å². The molecule has 7 heteroatoms. The molecule has 0 amide bonds. The highest BCUT2D eigenvalue weighted by atomic mass is 32.2. The van der Waals surface area contributed by atoms with Crippen molar-refractivity contribution >= 4 is 23.4 Å². The van der Waals surface area contributed by atoms with Gasteiger partial charge in [-0.25, -0.2) is 0 Å². The quantitative estimate of drug-likeness (QED) is 0.644. The number of carboxylic acid groups (broad SMARTS) is 1. The number of benzene rings is 2. The molecule has 0 fully saturated rings. The summed E-state index contributed by atoms with van der Waals surface area (Å²) in [6.07, 6.45) is 0. The standard InChI is InChI=1S/C17H16N4O2S/c22-16(23)12-24-17-20-19-15(11-18-13-7-3-1-4-8-13)21(17)14-9-5-2-6-10-14/h1-10,18H,11-12H2,(H,22,23). The van der Waals surface area contributed by atoms with Gasteiger partial charge < -0.3 is 10.4 Å². The van der Waals surface area contributed by atoms with E-state index in [1.165, 1.54) is 0 Å². The van der Waals surface area contributed by atoms with Gasteiger partial charge in [0, 0.05) is 11.4 Å². The van der Waals surface area contributed by atoms with E-state index in [2.05, 4.69) is 15.5 Å². The molecular formula is C17H16N4O2S. The average molecular weight is 340 g/mol. The van der Waals surface area contributed by atoms with E-state index in [-0.39, 0.29) is 5.75 Å². The zero-order valence-corrected chi connectivity index (χ0v) is 13.6. The molecule has 2 N–H and O–H groups in total. The SMILES string of the molecule is O=C(O)CSc1nnc(CNc2ccccc2)n1-c1ccccc1. The third-order valence-electron chi connectivity index (χ3n) is 3.26. The Morgan fingerprint density at radius 3 is 2.38 bits per heavy atom. The normalized spacial score (nSPS) is 10.5. The molecule has 0 aliphatic heterocycles. The first-order valence-corrected chi connectivity index (χ1v) is 8.36. The largest absolute Gasteiger partial charge is 0.481 e. The van der Waals surface area contributed by atoms with E-state index in [0.29, 0.717) is 11.7 Å². The lowest BCUT2D eigenvalue weighted by Gasteiger charge is -2.11. The molecule has 2 aromatic carbocycles. The van der Waals surface area contributed by atoms with Crippen LogP contribution in [0.15, 0.2) is 65.8 Å². The van der Waals surface area contributed by atoms with Crippen molar-refractivity contribution in [3.05, 3.63) is 66.5 Å². The van der Waals surface area contributed by atoms with Gasteiger partial charge in [-0.15, -0.1) is 10.2 Å². The molecule has 0 aliphatic carbocycles. The summed E-state index contributed by atoms with van der Waals surface area (Å²) in [5.41, 5.74) is 1.89. The number of rotatable bonds is 7. The number of aromatic nitrogens is 3. The highest BCUT2D eigenvalue weighted by Crippen LogP contribution is 2.22. The van der Waals surface area contributed by atoms with Gasteiger partial charge in [-0.05, 0) is 24.3 Å². The Morgan fingerprint density at radius 2 is 1.71 bits per heavy atom. The first-order valence-electron chi connectivity index (χ1n) is 7.37. The van der Waals surface area contributed by atoms with Crippen molar-refractivity contribution in [2.45, 2.75) is 11.7 Å². The van der Waals surface area contributed by atoms with Crippen molar-refractivity contribution in [2.75, 3.05) is 11.1 Å². The summed E-state index contributed by atoms with van der Waals surface area (Å²) in [4.78, 5) is 10.8. The molecule has 0 spiro atoms. The second kappa shape index (κ2) is 7.65. The fourth-order valence-electron chi connectivity index (χ4n) is 2.21. The van der Waals surface area contributed by atoms with Crippen molar-refractivity contribution in [1.82, 2.24) is 14.8 Å². The Labute approximate surface area is 143 Å². The highest BCUT2D eigenvalue weighted by molar-refractivity contribution is 7.99. The van der Waals surface area contributed by atoms with Crippen molar-refractivity contribution in [2.24, 2.45) is 0 Å². The van der Waals surface area contributed by atoms with Crippen molar-refractivity contribution in [1.29, 1.82) is 0 Å². The van der Waals surface area contributed by atoms with E-state index in [0.717, 1.165) is 29.0 Å². The Bertz CT molecular complexity index is 806. The van der Waals surface area contributed by atoms with E-state index in [9.17, 15) is 4.79 Å². The van der Waals surface area contributed by atoms with Crippen LogP contribution < -0.4 is 5.32 Å². The van der Waals surface area contributed by atoms with Crippen LogP contribution in [0.1, 0.15) is 5.82 Å². The van der Waals surface area contributed by atoms with Gasteiger partial charge in [0.15, 0.2) is 11.0 Å². The van der Waals surface area contributed by atoms with Crippen LogP contribution in [0.4, 0.5) is 5.69 Å². The Morgan fingerprint density at radius 1 is 1.04 bits per heavy atom. The minimum atomic E-state index is -0.883. The third-order valence-corrected chi connectivity index (χ3v) is 4.18. The molecule has 0 bridgehead atoms. The lowest BCUT2D eigenvalue weighted by Crippen LogP contribution is -2.09. The first kappa shape index (κ1) is 16.1. The fourth-order valence-corrected chi connectivity index (χ4v) is 2.90. The van der Waals surface area contributed by atoms with Gasteiger partial charge in [-0.2, -0.15) is 0 Å². The molecule has 1 heterocycles. The predicted octanol–water partition coefficient (Wildman–Crippen LogP) is 3.06. The maximum atomic E-state index is 10.8. The van der Waals surface area contributed by atoms with Crippen LogP contribution in [0.2, 0.25) is 0 Å². The minimum Gasteiger partial charge on any atom is -0.481 e. The smallest absolute Gasteiger partial charge is 0.313 e. The van der Waals surface area contributed by atoms with Gasteiger partial charge in [0.05, 0.1) is 12.3 Å². The number of nitrogens with one attached hydrogen (secondary N) is 1. The van der Waals surface area contributed by atoms with E-state index < -0.39 is 5.97 Å². The number of hydrogen-bond donors (Lipinski definition) is 2. The average Bonchev–Trinajstić information content (AvgIpc) is 3.02. The molecule has 0 unspecified atom stereocenters. The Hall–Kier alpha value is -2.80. The molecule has 3 aromatic rings. The highest BCUT2D eigenvalue weighted by Gasteiger charge is 2.15. The second-order valence-corrected chi connectivity index (χ2v) is 5.91. The van der Waals surface area contributed by atoms with Gasteiger partial charge in [0.25, 0.3) is 0 Å². The molecule has 6 nitrogen and oxygen atoms in total. The molecule has 3 rings (SSSR count). The van der Waals surface area contributed by atoms with Gasteiger partial charge in [-0.3, -0.25) is 9.36 Å². The Kier molecular flexibility index (Phi) is 5.12. The van der Waals surface area contributed by atoms with E-state index in [4.69, 9.17) is 5.11 Å². The van der Waals surface area contributed by atoms with E-state index in [1.807, 2.05) is 65.2 Å². The van der Waals surface area contributed by atoms with Crippen LogP contribution >= 0.6 is 11.8 Å². The summed E-state index contributed by atoms with van der Waals surface area (Å²) in [5.74, 6) is -0.221. The fraction of sp³-hybridized carbons (Fsp3) is 0.118. The van der Waals surface area contributed by atoms with E-state index >= 15 is 0 Å². The zero-order chi connectivity index (χ0) is 16.8. The molecule has 0 radical (unpaired) electrons. The molecule has 0 saturated heterocycles. The lowest BCUT2D eigenvalue weighted by atomic mass is 10.3. The first-order chi connectivity index (χ1) is 11.7. The van der Waals surface area contributed by atoms with Gasteiger partial charge in [0.2, 0.25) is 0 Å². The number of para-hydroxylation sites is 2. The summed E-state index contributed by atoms with van der Waals surface area (Å²) in [6.45, 7) is 0.486. The zero-order valence-electron chi connectivity index (χ0n) is 12.8. The molecule has 122 valence electrons. The molecule has 0 atom stereocenters. The van der Waals surface area contributed by atoms with Crippen LogP contribution in [0.25, 0.3) is 5.69 Å². The number of hydrogen-bond acceptors (Lipinski definition) is 5. The summed E-state index contributed by atoms with van der Waals surface area (Å²) in [7, 11) is 0. The molecule has 24 heavy (non-hydrogen) atoms. The molecule has 0 aliphatic rings. The van der Waals surface area contributed by atoms with Crippen LogP contribution in [0.3, 0.4) is 0 Å². The van der Waals surface area contributed by atoms with Gasteiger partial charge >= 0.3 is 5.97 Å². The van der Waals surface area contributed by atoms with Crippen LogP contribution in [-0.2, 0) is 11.3 Å². The summed E-state index contributed by atoms with van der Waals surface area (Å²) >= 11 is 1.15. The number of aliphatic carboxylic acids is 1. The van der Waals surface area contributed by atoms with E-state index in [1.54, 1.807) is 0 Å². The minimum absolute atomic E-state index is 0.0585. The van der Waals surface area contributed by atoms with Crippen LogP contribution in [-0.4, -0.2) is 31.6 Å². The second-order valence-electron chi connectivity index (χ2n) is 4.97. The van der Waals surface area contributed by atoms with Crippen LogP contribution in [0.5, 0.6) is 0 Å². The monoisotopic (exact) mass is 340 g/mol. The van der Waals surface area contributed by atoms with Crippen molar-refractivity contribution in [3.8, 4) is 5.69 Å².